The lowest BCUT2D eigenvalue weighted by molar-refractivity contribution is -0.892. The number of thiophene rings is 1. The van der Waals surface area contributed by atoms with Gasteiger partial charge < -0.3 is 19.4 Å². The van der Waals surface area contributed by atoms with Crippen LogP contribution in [0.5, 0.6) is 5.75 Å². The fraction of sp³-hybridized carbons (Fsp3) is 0.292. The van der Waals surface area contributed by atoms with Gasteiger partial charge in [-0.3, -0.25) is 4.79 Å². The molecule has 3 aromatic rings. The number of hydrogen-bond donors (Lipinski definition) is 1. The third kappa shape index (κ3) is 5.01. The van der Waals surface area contributed by atoms with E-state index in [-0.39, 0.29) is 5.91 Å². The first-order valence-electron chi connectivity index (χ1n) is 10.3. The van der Waals surface area contributed by atoms with Crippen molar-refractivity contribution in [3.05, 3.63) is 77.0 Å². The van der Waals surface area contributed by atoms with E-state index in [0.29, 0.717) is 13.1 Å². The number of methoxy groups -OCH3 is 1. The lowest BCUT2D eigenvalue weighted by atomic mass is 10.2. The highest BCUT2D eigenvalue weighted by Gasteiger charge is 2.26. The zero-order valence-electron chi connectivity index (χ0n) is 17.3. The number of quaternary nitrogens is 1. The molecule has 1 N–H and O–H groups in total. The average molecular weight is 423 g/mol. The molecule has 0 bridgehead atoms. The summed E-state index contributed by atoms with van der Waals surface area (Å²) in [6.07, 6.45) is 0. The predicted molar refractivity (Wildman–Crippen MR) is 123 cm³/mol. The molecule has 2 aromatic carbocycles. The SMILES string of the molecule is COc1ccc(N(Cc2cccs2)C(=O)C[NH+]2CCN(c3ccccc3)CC2)cc1. The number of carbonyl (C=O) groups excluding carboxylic acids is 1. The summed E-state index contributed by atoms with van der Waals surface area (Å²) in [5.74, 6) is 0.960. The van der Waals surface area contributed by atoms with E-state index in [1.807, 2.05) is 41.3 Å². The van der Waals surface area contributed by atoms with Gasteiger partial charge in [-0.15, -0.1) is 11.3 Å². The Labute approximate surface area is 182 Å². The molecule has 1 amide bonds. The van der Waals surface area contributed by atoms with Crippen LogP contribution >= 0.6 is 11.3 Å². The maximum Gasteiger partial charge on any atom is 0.282 e. The first kappa shape index (κ1) is 20.4. The van der Waals surface area contributed by atoms with Crippen LogP contribution in [0.4, 0.5) is 11.4 Å². The highest BCUT2D eigenvalue weighted by molar-refractivity contribution is 7.09. The zero-order chi connectivity index (χ0) is 20.8. The minimum absolute atomic E-state index is 0.164. The Morgan fingerprint density at radius 3 is 2.40 bits per heavy atom. The Bertz CT molecular complexity index is 921. The van der Waals surface area contributed by atoms with Crippen molar-refractivity contribution in [2.24, 2.45) is 0 Å². The van der Waals surface area contributed by atoms with E-state index in [1.54, 1.807) is 18.4 Å². The summed E-state index contributed by atoms with van der Waals surface area (Å²) >= 11 is 1.68. The number of benzene rings is 2. The molecule has 6 heteroatoms. The summed E-state index contributed by atoms with van der Waals surface area (Å²) in [4.78, 5) is 20.1. The van der Waals surface area contributed by atoms with Gasteiger partial charge in [0.05, 0.1) is 39.8 Å². The molecule has 1 fully saturated rings. The Morgan fingerprint density at radius 2 is 1.77 bits per heavy atom. The quantitative estimate of drug-likeness (QED) is 0.636. The summed E-state index contributed by atoms with van der Waals surface area (Å²) in [5, 5.41) is 2.06. The van der Waals surface area contributed by atoms with E-state index >= 15 is 0 Å². The molecule has 1 aromatic heterocycles. The van der Waals surface area contributed by atoms with Crippen molar-refractivity contribution in [3.8, 4) is 5.75 Å². The minimum Gasteiger partial charge on any atom is -0.497 e. The monoisotopic (exact) mass is 422 g/mol. The lowest BCUT2D eigenvalue weighted by Crippen LogP contribution is -3.16. The van der Waals surface area contributed by atoms with Gasteiger partial charge in [0.25, 0.3) is 5.91 Å². The molecular formula is C24H28N3O2S+. The predicted octanol–water partition coefficient (Wildman–Crippen LogP) is 2.70. The summed E-state index contributed by atoms with van der Waals surface area (Å²) in [6, 6.07) is 22.4. The van der Waals surface area contributed by atoms with Crippen LogP contribution in [0.2, 0.25) is 0 Å². The molecule has 0 radical (unpaired) electrons. The van der Waals surface area contributed by atoms with E-state index in [9.17, 15) is 4.79 Å². The molecule has 156 valence electrons. The summed E-state index contributed by atoms with van der Waals surface area (Å²) < 4.78 is 5.27. The van der Waals surface area contributed by atoms with Crippen LogP contribution in [-0.4, -0.2) is 45.7 Å². The van der Waals surface area contributed by atoms with Gasteiger partial charge in [-0.25, -0.2) is 0 Å². The van der Waals surface area contributed by atoms with Crippen molar-refractivity contribution in [1.29, 1.82) is 0 Å². The van der Waals surface area contributed by atoms with Crippen LogP contribution in [0.3, 0.4) is 0 Å². The topological polar surface area (TPSA) is 37.2 Å². The fourth-order valence-corrected chi connectivity index (χ4v) is 4.54. The molecule has 0 spiro atoms. The van der Waals surface area contributed by atoms with Crippen molar-refractivity contribution >= 4 is 28.6 Å². The van der Waals surface area contributed by atoms with Gasteiger partial charge in [0.2, 0.25) is 0 Å². The molecule has 1 aliphatic rings. The highest BCUT2D eigenvalue weighted by atomic mass is 32.1. The Hall–Kier alpha value is -2.83. The Morgan fingerprint density at radius 1 is 1.03 bits per heavy atom. The molecule has 0 unspecified atom stereocenters. The second-order valence-electron chi connectivity index (χ2n) is 7.51. The number of ether oxygens (including phenoxy) is 1. The third-order valence-corrected chi connectivity index (χ3v) is 6.43. The third-order valence-electron chi connectivity index (χ3n) is 5.57. The molecule has 4 rings (SSSR count). The molecule has 5 nitrogen and oxygen atoms in total. The highest BCUT2D eigenvalue weighted by Crippen LogP contribution is 2.22. The van der Waals surface area contributed by atoms with Gasteiger partial charge in [-0.1, -0.05) is 24.3 Å². The number of anilines is 2. The van der Waals surface area contributed by atoms with Gasteiger partial charge >= 0.3 is 0 Å². The fourth-order valence-electron chi connectivity index (χ4n) is 3.85. The number of amides is 1. The van der Waals surface area contributed by atoms with E-state index in [0.717, 1.165) is 37.6 Å². The van der Waals surface area contributed by atoms with Crippen LogP contribution in [-0.2, 0) is 11.3 Å². The number of rotatable bonds is 7. The number of hydrogen-bond acceptors (Lipinski definition) is 4. The van der Waals surface area contributed by atoms with E-state index in [1.165, 1.54) is 15.5 Å². The van der Waals surface area contributed by atoms with Crippen LogP contribution in [0, 0.1) is 0 Å². The first-order valence-corrected chi connectivity index (χ1v) is 11.2. The van der Waals surface area contributed by atoms with Crippen molar-refractivity contribution < 1.29 is 14.4 Å². The molecule has 0 saturated carbocycles. The summed E-state index contributed by atoms with van der Waals surface area (Å²) in [5.41, 5.74) is 2.18. The van der Waals surface area contributed by atoms with Crippen molar-refractivity contribution in [1.82, 2.24) is 0 Å². The number of carbonyl (C=O) groups is 1. The van der Waals surface area contributed by atoms with Crippen LogP contribution in [0.1, 0.15) is 4.88 Å². The number of piperazine rings is 1. The van der Waals surface area contributed by atoms with Gasteiger partial charge in [-0.2, -0.15) is 0 Å². The zero-order valence-corrected chi connectivity index (χ0v) is 18.1. The Kier molecular flexibility index (Phi) is 6.67. The van der Waals surface area contributed by atoms with Crippen molar-refractivity contribution in [3.63, 3.8) is 0 Å². The average Bonchev–Trinajstić information content (AvgIpc) is 3.32. The van der Waals surface area contributed by atoms with Crippen LogP contribution < -0.4 is 19.4 Å². The molecule has 1 aliphatic heterocycles. The van der Waals surface area contributed by atoms with Gasteiger partial charge in [0.15, 0.2) is 6.54 Å². The lowest BCUT2D eigenvalue weighted by Gasteiger charge is -2.34. The van der Waals surface area contributed by atoms with Crippen LogP contribution in [0.25, 0.3) is 0 Å². The summed E-state index contributed by atoms with van der Waals surface area (Å²) in [6.45, 7) is 5.00. The van der Waals surface area contributed by atoms with Crippen molar-refractivity contribution in [2.75, 3.05) is 49.6 Å². The molecular weight excluding hydrogens is 394 g/mol. The van der Waals surface area contributed by atoms with Gasteiger partial charge in [-0.05, 0) is 47.8 Å². The maximum absolute atomic E-state index is 13.3. The second kappa shape index (κ2) is 9.78. The van der Waals surface area contributed by atoms with Crippen molar-refractivity contribution in [2.45, 2.75) is 6.54 Å². The number of nitrogens with zero attached hydrogens (tertiary/aromatic N) is 2. The van der Waals surface area contributed by atoms with Gasteiger partial charge in [0.1, 0.15) is 5.75 Å². The molecule has 2 heterocycles. The van der Waals surface area contributed by atoms with E-state index in [2.05, 4.69) is 40.6 Å². The largest absolute Gasteiger partial charge is 0.497 e. The molecule has 1 saturated heterocycles. The van der Waals surface area contributed by atoms with E-state index < -0.39 is 0 Å². The second-order valence-corrected chi connectivity index (χ2v) is 8.54. The van der Waals surface area contributed by atoms with Crippen LogP contribution in [0.15, 0.2) is 72.1 Å². The van der Waals surface area contributed by atoms with E-state index in [4.69, 9.17) is 4.74 Å². The number of nitrogens with one attached hydrogen (secondary N) is 1. The maximum atomic E-state index is 13.3. The normalized spacial score (nSPS) is 14.5. The Balaban J connectivity index is 1.41. The standard InChI is InChI=1S/C24H27N3O2S/c1-29-22-11-9-21(10-12-22)27(18-23-8-5-17-30-23)24(28)19-25-13-15-26(16-14-25)20-6-3-2-4-7-20/h2-12,17H,13-16,18-19H2,1H3/p+1. The minimum atomic E-state index is 0.164. The molecule has 0 atom stereocenters. The number of para-hydroxylation sites is 1. The molecule has 0 aliphatic carbocycles. The molecule has 30 heavy (non-hydrogen) atoms. The first-order chi connectivity index (χ1) is 14.7. The summed E-state index contributed by atoms with van der Waals surface area (Å²) in [7, 11) is 1.65. The smallest absolute Gasteiger partial charge is 0.282 e. The van der Waals surface area contributed by atoms with Gasteiger partial charge in [0, 0.05) is 16.3 Å².